The smallest absolute Gasteiger partial charge is 0.0286 e. The second-order valence-electron chi connectivity index (χ2n) is 5.60. The predicted octanol–water partition coefficient (Wildman–Crippen LogP) is 6.61. The Bertz CT molecular complexity index is 111. The van der Waals surface area contributed by atoms with Gasteiger partial charge in [-0.15, -0.1) is 0 Å². The fraction of sp³-hybridized carbons (Fsp3) is 0.875. The van der Waals surface area contributed by atoms with Crippen LogP contribution in [0.15, 0.2) is 12.2 Å². The van der Waals surface area contributed by atoms with E-state index in [1.807, 2.05) is 13.8 Å². The van der Waals surface area contributed by atoms with Gasteiger partial charge >= 0.3 is 0 Å². The van der Waals surface area contributed by atoms with Crippen molar-refractivity contribution in [3.05, 3.63) is 12.2 Å². The van der Waals surface area contributed by atoms with Crippen molar-refractivity contribution in [2.75, 3.05) is 0 Å². The molecule has 0 radical (unpaired) electrons. The molecule has 100 valence electrons. The van der Waals surface area contributed by atoms with Crippen LogP contribution in [-0.4, -0.2) is 0 Å². The molecule has 0 heterocycles. The van der Waals surface area contributed by atoms with Gasteiger partial charge in [-0.1, -0.05) is 86.8 Å². The fourth-order valence-electron chi connectivity index (χ4n) is 0.442. The normalized spacial score (nSPS) is 12.1. The molecule has 0 aromatic rings. The average molecular weight is 228 g/mol. The summed E-state index contributed by atoms with van der Waals surface area (Å²) >= 11 is 0. The molecule has 0 heteroatoms. The zero-order chi connectivity index (χ0) is 13.6. The number of allylic oxidation sites excluding steroid dienone is 1. The number of hydrogen-bond donors (Lipinski definition) is 0. The first-order chi connectivity index (χ1) is 7.31. The van der Waals surface area contributed by atoms with Crippen LogP contribution in [0.5, 0.6) is 0 Å². The van der Waals surface area contributed by atoms with Crippen molar-refractivity contribution in [1.82, 2.24) is 0 Å². The van der Waals surface area contributed by atoms with Crippen molar-refractivity contribution in [3.63, 3.8) is 0 Å². The minimum Gasteiger partial charge on any atom is -0.0998 e. The minimum absolute atomic E-state index is 0.500. The van der Waals surface area contributed by atoms with Gasteiger partial charge < -0.3 is 0 Å². The summed E-state index contributed by atoms with van der Waals surface area (Å²) in [6, 6.07) is 0. The molecule has 0 saturated heterocycles. The molecule has 1 aliphatic rings. The lowest BCUT2D eigenvalue weighted by Crippen LogP contribution is -1.93. The van der Waals surface area contributed by atoms with Crippen LogP contribution in [0.3, 0.4) is 0 Å². The van der Waals surface area contributed by atoms with Crippen molar-refractivity contribution >= 4 is 0 Å². The molecular formula is C16H36. The maximum Gasteiger partial charge on any atom is -0.0286 e. The first-order valence-corrected chi connectivity index (χ1v) is 6.97. The highest BCUT2D eigenvalue weighted by Gasteiger charge is 2.04. The summed E-state index contributed by atoms with van der Waals surface area (Å²) in [7, 11) is 0. The van der Waals surface area contributed by atoms with E-state index >= 15 is 0 Å². The molecule has 0 N–H and O–H groups in total. The van der Waals surface area contributed by atoms with Crippen LogP contribution in [0.2, 0.25) is 0 Å². The molecular weight excluding hydrogens is 192 g/mol. The van der Waals surface area contributed by atoms with Crippen LogP contribution in [-0.2, 0) is 0 Å². The van der Waals surface area contributed by atoms with E-state index in [1.165, 1.54) is 37.7 Å². The van der Waals surface area contributed by atoms with E-state index in [2.05, 4.69) is 48.1 Å². The second-order valence-corrected chi connectivity index (χ2v) is 5.60. The summed E-state index contributed by atoms with van der Waals surface area (Å²) in [5, 5.41) is 0. The Morgan fingerprint density at radius 2 is 1.12 bits per heavy atom. The van der Waals surface area contributed by atoms with Gasteiger partial charge in [0.05, 0.1) is 0 Å². The van der Waals surface area contributed by atoms with Gasteiger partial charge in [0.15, 0.2) is 0 Å². The van der Waals surface area contributed by atoms with Crippen molar-refractivity contribution in [3.8, 4) is 0 Å². The maximum atomic E-state index is 3.67. The molecule has 16 heavy (non-hydrogen) atoms. The standard InChI is InChI=1S/2C5H12.C4H6.C2H6/c1-5(2,3)4;1-3-5-4-2;1-4-2-3-4;1-2/h1-4H3;3-5H2,1-2H3;1-3H2;1-2H3. The van der Waals surface area contributed by atoms with Crippen LogP contribution in [0.25, 0.3) is 0 Å². The summed E-state index contributed by atoms with van der Waals surface area (Å²) in [4.78, 5) is 0. The molecule has 1 fully saturated rings. The highest BCUT2D eigenvalue weighted by molar-refractivity contribution is 5.09. The van der Waals surface area contributed by atoms with E-state index in [0.717, 1.165) is 0 Å². The Labute approximate surface area is 106 Å². The topological polar surface area (TPSA) is 0 Å². The lowest BCUT2D eigenvalue weighted by molar-refractivity contribution is 0.469. The number of unbranched alkanes of at least 4 members (excludes halogenated alkanes) is 2. The number of rotatable bonds is 2. The van der Waals surface area contributed by atoms with Gasteiger partial charge in [-0.25, -0.2) is 0 Å². The third kappa shape index (κ3) is 99.3. The quantitative estimate of drug-likeness (QED) is 0.466. The molecule has 1 saturated carbocycles. The van der Waals surface area contributed by atoms with Gasteiger partial charge in [0, 0.05) is 0 Å². The van der Waals surface area contributed by atoms with Crippen molar-refractivity contribution < 1.29 is 0 Å². The molecule has 1 aliphatic carbocycles. The van der Waals surface area contributed by atoms with E-state index in [4.69, 9.17) is 0 Å². The zero-order valence-electron chi connectivity index (χ0n) is 13.2. The molecule has 0 unspecified atom stereocenters. The van der Waals surface area contributed by atoms with Crippen LogP contribution in [0.4, 0.5) is 0 Å². The van der Waals surface area contributed by atoms with Gasteiger partial charge in [0.2, 0.25) is 0 Å². The largest absolute Gasteiger partial charge is 0.0998 e. The van der Waals surface area contributed by atoms with E-state index < -0.39 is 0 Å². The van der Waals surface area contributed by atoms with Gasteiger partial charge in [0.25, 0.3) is 0 Å². The summed E-state index contributed by atoms with van der Waals surface area (Å²) in [6.45, 7) is 20.8. The Kier molecular flexibility index (Phi) is 19.4. The molecule has 0 aliphatic heterocycles. The summed E-state index contributed by atoms with van der Waals surface area (Å²) in [5.41, 5.74) is 1.92. The van der Waals surface area contributed by atoms with Gasteiger partial charge in [0.1, 0.15) is 0 Å². The summed E-state index contributed by atoms with van der Waals surface area (Å²) < 4.78 is 0. The van der Waals surface area contributed by atoms with Gasteiger partial charge in [-0.05, 0) is 18.3 Å². The molecule has 0 spiro atoms. The highest BCUT2D eigenvalue weighted by Crippen LogP contribution is 2.23. The third-order valence-electron chi connectivity index (χ3n) is 1.31. The number of hydrogen-bond acceptors (Lipinski definition) is 0. The van der Waals surface area contributed by atoms with Crippen LogP contribution >= 0.6 is 0 Å². The van der Waals surface area contributed by atoms with E-state index in [1.54, 1.807) is 0 Å². The Morgan fingerprint density at radius 1 is 0.938 bits per heavy atom. The molecule has 0 nitrogen and oxygen atoms in total. The Hall–Kier alpha value is -0.260. The third-order valence-corrected chi connectivity index (χ3v) is 1.31. The predicted molar refractivity (Wildman–Crippen MR) is 80.1 cm³/mol. The van der Waals surface area contributed by atoms with E-state index in [0.29, 0.717) is 5.41 Å². The first-order valence-electron chi connectivity index (χ1n) is 6.97. The van der Waals surface area contributed by atoms with Crippen LogP contribution in [0, 0.1) is 5.41 Å². The Morgan fingerprint density at radius 3 is 1.12 bits per heavy atom. The van der Waals surface area contributed by atoms with Crippen LogP contribution in [0.1, 0.15) is 87.5 Å². The van der Waals surface area contributed by atoms with E-state index in [-0.39, 0.29) is 0 Å². The fourth-order valence-corrected chi connectivity index (χ4v) is 0.442. The molecule has 0 atom stereocenters. The average Bonchev–Trinajstić information content (AvgIpc) is 2.91. The monoisotopic (exact) mass is 228 g/mol. The Balaban J connectivity index is -0.000000147. The lowest BCUT2D eigenvalue weighted by atomic mass is 10.0. The highest BCUT2D eigenvalue weighted by atomic mass is 14.1. The summed E-state index contributed by atoms with van der Waals surface area (Å²) in [6.07, 6.45) is 6.66. The van der Waals surface area contributed by atoms with Gasteiger partial charge in [-0.3, -0.25) is 0 Å². The van der Waals surface area contributed by atoms with Crippen LogP contribution < -0.4 is 0 Å². The SMILES string of the molecule is C=C1CC1.CC.CC(C)(C)C.CCCCC. The molecule has 0 aromatic carbocycles. The van der Waals surface area contributed by atoms with Gasteiger partial charge in [-0.2, -0.15) is 0 Å². The van der Waals surface area contributed by atoms with Crippen molar-refractivity contribution in [1.29, 1.82) is 0 Å². The maximum absolute atomic E-state index is 3.67. The second kappa shape index (κ2) is 14.7. The minimum atomic E-state index is 0.500. The molecule has 0 bridgehead atoms. The zero-order valence-corrected chi connectivity index (χ0v) is 13.2. The molecule has 0 aromatic heterocycles. The first kappa shape index (κ1) is 21.1. The van der Waals surface area contributed by atoms with Crippen molar-refractivity contribution in [2.24, 2.45) is 5.41 Å². The summed E-state index contributed by atoms with van der Waals surface area (Å²) in [5.74, 6) is 0. The van der Waals surface area contributed by atoms with Crippen molar-refractivity contribution in [2.45, 2.75) is 87.5 Å². The van der Waals surface area contributed by atoms with E-state index in [9.17, 15) is 0 Å². The molecule has 0 amide bonds. The lowest BCUT2D eigenvalue weighted by Gasteiger charge is -2.05. The molecule has 1 rings (SSSR count).